The van der Waals surface area contributed by atoms with Gasteiger partial charge in [0.1, 0.15) is 5.82 Å². The third-order valence-corrected chi connectivity index (χ3v) is 4.00. The number of aryl methyl sites for hydroxylation is 1. The molecule has 0 bridgehead atoms. The molecule has 0 saturated heterocycles. The van der Waals surface area contributed by atoms with Crippen molar-refractivity contribution in [2.45, 2.75) is 32.7 Å². The molecule has 1 aromatic heterocycles. The predicted octanol–water partition coefficient (Wildman–Crippen LogP) is 4.48. The van der Waals surface area contributed by atoms with Gasteiger partial charge in [0.25, 0.3) is 0 Å². The van der Waals surface area contributed by atoms with Gasteiger partial charge in [0.15, 0.2) is 0 Å². The Hall–Kier alpha value is -1.19. The molecule has 0 aliphatic rings. The molecule has 1 aromatic carbocycles. The molecule has 0 fully saturated rings. The van der Waals surface area contributed by atoms with Crippen molar-refractivity contribution in [1.82, 2.24) is 5.32 Å². The number of hydrogen-bond acceptors (Lipinski definition) is 2. The van der Waals surface area contributed by atoms with Gasteiger partial charge in [0, 0.05) is 6.04 Å². The summed E-state index contributed by atoms with van der Waals surface area (Å²) in [6, 6.07) is 7.49. The van der Waals surface area contributed by atoms with Gasteiger partial charge in [-0.15, -0.1) is 0 Å². The Morgan fingerprint density at radius 3 is 2.79 bits per heavy atom. The Morgan fingerprint density at radius 2 is 2.16 bits per heavy atom. The maximum atomic E-state index is 13.2. The minimum Gasteiger partial charge on any atom is -0.310 e. The molecule has 0 radical (unpaired) electrons. The Labute approximate surface area is 118 Å². The smallest absolute Gasteiger partial charge is 0.123 e. The van der Waals surface area contributed by atoms with Crippen molar-refractivity contribution in [3.8, 4) is 0 Å². The van der Waals surface area contributed by atoms with E-state index in [1.807, 2.05) is 13.0 Å². The summed E-state index contributed by atoms with van der Waals surface area (Å²) in [6.45, 7) is 5.12. The SMILES string of the molecule is CCCNC(Cc1ccsc1)c1ccc(F)cc1C. The van der Waals surface area contributed by atoms with Gasteiger partial charge in [0.2, 0.25) is 0 Å². The molecular formula is C16H20FNS. The number of nitrogens with one attached hydrogen (secondary N) is 1. The molecular weight excluding hydrogens is 257 g/mol. The van der Waals surface area contributed by atoms with E-state index in [-0.39, 0.29) is 11.9 Å². The fourth-order valence-corrected chi connectivity index (χ4v) is 2.97. The molecule has 0 saturated carbocycles. The average molecular weight is 277 g/mol. The van der Waals surface area contributed by atoms with Crippen LogP contribution >= 0.6 is 11.3 Å². The van der Waals surface area contributed by atoms with E-state index in [0.717, 1.165) is 24.9 Å². The van der Waals surface area contributed by atoms with Crippen LogP contribution in [0, 0.1) is 12.7 Å². The van der Waals surface area contributed by atoms with Crippen molar-refractivity contribution in [1.29, 1.82) is 0 Å². The third-order valence-electron chi connectivity index (χ3n) is 3.27. The molecule has 102 valence electrons. The highest BCUT2D eigenvalue weighted by Crippen LogP contribution is 2.23. The minimum absolute atomic E-state index is 0.161. The number of thiophene rings is 1. The predicted molar refractivity (Wildman–Crippen MR) is 80.2 cm³/mol. The monoisotopic (exact) mass is 277 g/mol. The van der Waals surface area contributed by atoms with Crippen molar-refractivity contribution in [3.05, 3.63) is 57.5 Å². The van der Waals surface area contributed by atoms with Gasteiger partial charge in [-0.25, -0.2) is 4.39 Å². The molecule has 1 atom stereocenters. The lowest BCUT2D eigenvalue weighted by Crippen LogP contribution is -2.24. The van der Waals surface area contributed by atoms with Crippen molar-refractivity contribution in [3.63, 3.8) is 0 Å². The fourth-order valence-electron chi connectivity index (χ4n) is 2.29. The maximum absolute atomic E-state index is 13.2. The highest BCUT2D eigenvalue weighted by molar-refractivity contribution is 7.07. The van der Waals surface area contributed by atoms with Crippen LogP contribution < -0.4 is 5.32 Å². The summed E-state index contributed by atoms with van der Waals surface area (Å²) in [5, 5.41) is 7.85. The van der Waals surface area contributed by atoms with Gasteiger partial charge in [-0.1, -0.05) is 13.0 Å². The van der Waals surface area contributed by atoms with E-state index < -0.39 is 0 Å². The van der Waals surface area contributed by atoms with Crippen LogP contribution in [0.4, 0.5) is 4.39 Å². The molecule has 1 unspecified atom stereocenters. The van der Waals surface area contributed by atoms with Crippen LogP contribution in [0.25, 0.3) is 0 Å². The first-order valence-corrected chi connectivity index (χ1v) is 7.65. The van der Waals surface area contributed by atoms with Gasteiger partial charge in [-0.05, 0) is 72.0 Å². The average Bonchev–Trinajstić information content (AvgIpc) is 2.88. The van der Waals surface area contributed by atoms with Crippen molar-refractivity contribution < 1.29 is 4.39 Å². The Bertz CT molecular complexity index is 507. The molecule has 19 heavy (non-hydrogen) atoms. The quantitative estimate of drug-likeness (QED) is 0.821. The molecule has 2 aromatic rings. The lowest BCUT2D eigenvalue weighted by atomic mass is 9.96. The number of halogens is 1. The molecule has 3 heteroatoms. The van der Waals surface area contributed by atoms with E-state index in [9.17, 15) is 4.39 Å². The molecule has 0 aliphatic carbocycles. The summed E-state index contributed by atoms with van der Waals surface area (Å²) in [5.41, 5.74) is 3.55. The van der Waals surface area contributed by atoms with Crippen LogP contribution in [0.1, 0.15) is 36.1 Å². The molecule has 1 N–H and O–H groups in total. The summed E-state index contributed by atoms with van der Waals surface area (Å²) in [6.07, 6.45) is 2.05. The second-order valence-corrected chi connectivity index (χ2v) is 5.62. The Kier molecular flexibility index (Phi) is 5.11. The highest BCUT2D eigenvalue weighted by atomic mass is 32.1. The zero-order valence-corrected chi connectivity index (χ0v) is 12.3. The third kappa shape index (κ3) is 3.88. The maximum Gasteiger partial charge on any atom is 0.123 e. The molecule has 0 amide bonds. The zero-order valence-electron chi connectivity index (χ0n) is 11.4. The lowest BCUT2D eigenvalue weighted by molar-refractivity contribution is 0.525. The van der Waals surface area contributed by atoms with Crippen LogP contribution in [-0.2, 0) is 6.42 Å². The summed E-state index contributed by atoms with van der Waals surface area (Å²) in [4.78, 5) is 0. The number of benzene rings is 1. The standard InChI is InChI=1S/C16H20FNS/c1-3-7-18-16(10-13-6-8-19-11-13)15-5-4-14(17)9-12(15)2/h4-6,8-9,11,16,18H,3,7,10H2,1-2H3. The summed E-state index contributed by atoms with van der Waals surface area (Å²) >= 11 is 1.72. The first-order chi connectivity index (χ1) is 9.20. The number of hydrogen-bond donors (Lipinski definition) is 1. The lowest BCUT2D eigenvalue weighted by Gasteiger charge is -2.20. The van der Waals surface area contributed by atoms with Crippen molar-refractivity contribution in [2.75, 3.05) is 6.54 Å². The fraction of sp³-hybridized carbons (Fsp3) is 0.375. The minimum atomic E-state index is -0.161. The van der Waals surface area contributed by atoms with E-state index in [0.29, 0.717) is 0 Å². The largest absolute Gasteiger partial charge is 0.310 e. The Morgan fingerprint density at radius 1 is 1.32 bits per heavy atom. The normalized spacial score (nSPS) is 12.6. The second kappa shape index (κ2) is 6.83. The van der Waals surface area contributed by atoms with Gasteiger partial charge in [-0.2, -0.15) is 11.3 Å². The molecule has 1 nitrogen and oxygen atoms in total. The Balaban J connectivity index is 2.20. The van der Waals surface area contributed by atoms with E-state index in [1.54, 1.807) is 23.5 Å². The van der Waals surface area contributed by atoms with Crippen LogP contribution in [-0.4, -0.2) is 6.54 Å². The molecule has 1 heterocycles. The summed E-state index contributed by atoms with van der Waals surface area (Å²) in [7, 11) is 0. The topological polar surface area (TPSA) is 12.0 Å². The summed E-state index contributed by atoms with van der Waals surface area (Å²) < 4.78 is 13.2. The van der Waals surface area contributed by atoms with E-state index in [2.05, 4.69) is 29.1 Å². The van der Waals surface area contributed by atoms with Crippen LogP contribution in [0.3, 0.4) is 0 Å². The van der Waals surface area contributed by atoms with Crippen molar-refractivity contribution >= 4 is 11.3 Å². The zero-order chi connectivity index (χ0) is 13.7. The first-order valence-electron chi connectivity index (χ1n) is 6.71. The van der Waals surface area contributed by atoms with E-state index in [1.165, 1.54) is 11.1 Å². The van der Waals surface area contributed by atoms with Gasteiger partial charge in [0.05, 0.1) is 0 Å². The van der Waals surface area contributed by atoms with Crippen molar-refractivity contribution in [2.24, 2.45) is 0 Å². The van der Waals surface area contributed by atoms with Gasteiger partial charge >= 0.3 is 0 Å². The molecule has 0 aliphatic heterocycles. The van der Waals surface area contributed by atoms with Gasteiger partial charge < -0.3 is 5.32 Å². The molecule has 2 rings (SSSR count). The highest BCUT2D eigenvalue weighted by Gasteiger charge is 2.14. The summed E-state index contributed by atoms with van der Waals surface area (Å²) in [5.74, 6) is -0.161. The van der Waals surface area contributed by atoms with Crippen LogP contribution in [0.2, 0.25) is 0 Å². The molecule has 0 spiro atoms. The van der Waals surface area contributed by atoms with Crippen LogP contribution in [0.5, 0.6) is 0 Å². The second-order valence-electron chi connectivity index (χ2n) is 4.84. The van der Waals surface area contributed by atoms with Gasteiger partial charge in [-0.3, -0.25) is 0 Å². The number of rotatable bonds is 6. The van der Waals surface area contributed by atoms with E-state index in [4.69, 9.17) is 0 Å². The van der Waals surface area contributed by atoms with E-state index >= 15 is 0 Å². The van der Waals surface area contributed by atoms with Crippen LogP contribution in [0.15, 0.2) is 35.0 Å². The first kappa shape index (κ1) is 14.2.